The Bertz CT molecular complexity index is 442. The van der Waals surface area contributed by atoms with Crippen LogP contribution in [0.1, 0.15) is 39.0 Å². The van der Waals surface area contributed by atoms with E-state index in [0.29, 0.717) is 6.04 Å². The largest absolute Gasteiger partial charge is 0.342 e. The number of amides is 1. The predicted molar refractivity (Wildman–Crippen MR) is 86.4 cm³/mol. The minimum Gasteiger partial charge on any atom is -0.342 e. The van der Waals surface area contributed by atoms with Crippen molar-refractivity contribution in [3.8, 4) is 0 Å². The Hall–Kier alpha value is -0.670. The minimum absolute atomic E-state index is 0.00164. The maximum absolute atomic E-state index is 12.6. The quantitative estimate of drug-likeness (QED) is 0.740. The molecule has 1 aliphatic carbocycles. The fourth-order valence-electron chi connectivity index (χ4n) is 2.68. The van der Waals surface area contributed by atoms with Gasteiger partial charge in [-0.3, -0.25) is 4.79 Å². The summed E-state index contributed by atoms with van der Waals surface area (Å²) < 4.78 is 0. The Balaban J connectivity index is 1.99. The van der Waals surface area contributed by atoms with Crippen molar-refractivity contribution in [2.24, 2.45) is 0 Å². The molecule has 2 rings (SSSR count). The molecule has 0 saturated heterocycles. The van der Waals surface area contributed by atoms with E-state index in [-0.39, 0.29) is 11.2 Å². The summed E-state index contributed by atoms with van der Waals surface area (Å²) in [5.74, 6) is 0.263. The van der Waals surface area contributed by atoms with Crippen LogP contribution in [-0.4, -0.2) is 29.1 Å². The second kappa shape index (κ2) is 7.37. The molecule has 0 N–H and O–H groups in total. The van der Waals surface area contributed by atoms with E-state index in [2.05, 4.69) is 6.92 Å². The van der Waals surface area contributed by atoms with Crippen LogP contribution in [-0.2, 0) is 4.79 Å². The smallest absolute Gasteiger partial charge is 0.236 e. The molecule has 1 fully saturated rings. The molecule has 1 saturated carbocycles. The molecule has 1 amide bonds. The maximum Gasteiger partial charge on any atom is 0.236 e. The Labute approximate surface area is 130 Å². The van der Waals surface area contributed by atoms with Gasteiger partial charge in [0.15, 0.2) is 0 Å². The third kappa shape index (κ3) is 3.92. The lowest BCUT2D eigenvalue weighted by atomic mass is 10.2. The molecular weight excluding hydrogens is 290 g/mol. The van der Waals surface area contributed by atoms with Crippen LogP contribution in [0, 0.1) is 0 Å². The monoisotopic (exact) mass is 311 g/mol. The van der Waals surface area contributed by atoms with E-state index in [4.69, 9.17) is 11.6 Å². The zero-order valence-electron chi connectivity index (χ0n) is 12.1. The van der Waals surface area contributed by atoms with Crippen LogP contribution in [0.5, 0.6) is 0 Å². The summed E-state index contributed by atoms with van der Waals surface area (Å²) >= 11 is 7.54. The maximum atomic E-state index is 12.6. The van der Waals surface area contributed by atoms with E-state index in [9.17, 15) is 4.79 Å². The molecule has 0 aliphatic heterocycles. The van der Waals surface area contributed by atoms with E-state index in [1.54, 1.807) is 11.8 Å². The predicted octanol–water partition coefficient (Wildman–Crippen LogP) is 4.61. The van der Waals surface area contributed by atoms with Crippen molar-refractivity contribution in [1.82, 2.24) is 4.90 Å². The van der Waals surface area contributed by atoms with Gasteiger partial charge in [-0.1, -0.05) is 31.4 Å². The molecule has 0 aromatic heterocycles. The van der Waals surface area contributed by atoms with E-state index < -0.39 is 0 Å². The lowest BCUT2D eigenvalue weighted by Crippen LogP contribution is -2.40. The summed E-state index contributed by atoms with van der Waals surface area (Å²) in [5.41, 5.74) is 0. The van der Waals surface area contributed by atoms with E-state index in [0.717, 1.165) is 29.2 Å². The molecular formula is C16H22ClNOS. The fourth-order valence-corrected chi connectivity index (χ4v) is 3.87. The van der Waals surface area contributed by atoms with Crippen LogP contribution in [0.15, 0.2) is 29.2 Å². The van der Waals surface area contributed by atoms with E-state index in [1.165, 1.54) is 12.8 Å². The van der Waals surface area contributed by atoms with Gasteiger partial charge in [-0.05, 0) is 43.5 Å². The molecule has 0 heterocycles. The molecule has 1 aromatic rings. The average molecular weight is 312 g/mol. The molecule has 20 heavy (non-hydrogen) atoms. The number of nitrogens with zero attached hydrogens (tertiary/aromatic N) is 1. The number of carbonyl (C=O) groups excluding carboxylic acids is 1. The van der Waals surface area contributed by atoms with E-state index >= 15 is 0 Å². The minimum atomic E-state index is 0.00164. The first-order valence-electron chi connectivity index (χ1n) is 7.30. The molecule has 0 spiro atoms. The van der Waals surface area contributed by atoms with Gasteiger partial charge in [0.25, 0.3) is 0 Å². The summed E-state index contributed by atoms with van der Waals surface area (Å²) in [6.07, 6.45) is 5.67. The fraction of sp³-hybridized carbons (Fsp3) is 0.562. The third-order valence-electron chi connectivity index (χ3n) is 3.96. The summed E-state index contributed by atoms with van der Waals surface area (Å²) in [4.78, 5) is 15.7. The van der Waals surface area contributed by atoms with Crippen LogP contribution in [0.4, 0.5) is 0 Å². The molecule has 0 unspecified atom stereocenters. The van der Waals surface area contributed by atoms with Gasteiger partial charge in [-0.15, -0.1) is 11.8 Å². The number of thioether (sulfide) groups is 1. The van der Waals surface area contributed by atoms with Crippen molar-refractivity contribution >= 4 is 29.3 Å². The van der Waals surface area contributed by atoms with Gasteiger partial charge in [0, 0.05) is 23.0 Å². The molecule has 1 aliphatic rings. The van der Waals surface area contributed by atoms with Gasteiger partial charge in [0.05, 0.1) is 5.25 Å². The van der Waals surface area contributed by atoms with Crippen LogP contribution < -0.4 is 0 Å². The second-order valence-electron chi connectivity index (χ2n) is 5.36. The van der Waals surface area contributed by atoms with Crippen molar-refractivity contribution in [3.05, 3.63) is 29.3 Å². The van der Waals surface area contributed by atoms with Gasteiger partial charge in [-0.25, -0.2) is 0 Å². The zero-order valence-corrected chi connectivity index (χ0v) is 13.7. The van der Waals surface area contributed by atoms with Crippen molar-refractivity contribution in [1.29, 1.82) is 0 Å². The van der Waals surface area contributed by atoms with Gasteiger partial charge in [-0.2, -0.15) is 0 Å². The van der Waals surface area contributed by atoms with Crippen LogP contribution >= 0.6 is 23.4 Å². The first-order chi connectivity index (χ1) is 9.61. The summed E-state index contributed by atoms with van der Waals surface area (Å²) in [6.45, 7) is 2.08. The molecule has 0 radical (unpaired) electrons. The molecule has 4 heteroatoms. The average Bonchev–Trinajstić information content (AvgIpc) is 2.99. The molecule has 1 atom stereocenters. The van der Waals surface area contributed by atoms with Crippen LogP contribution in [0.2, 0.25) is 5.02 Å². The highest BCUT2D eigenvalue weighted by molar-refractivity contribution is 8.00. The van der Waals surface area contributed by atoms with Crippen LogP contribution in [0.25, 0.3) is 0 Å². The second-order valence-corrected chi connectivity index (χ2v) is 7.07. The molecule has 0 bridgehead atoms. The number of benzene rings is 1. The highest BCUT2D eigenvalue weighted by Crippen LogP contribution is 2.30. The lowest BCUT2D eigenvalue weighted by Gasteiger charge is -2.28. The molecule has 1 aromatic carbocycles. The topological polar surface area (TPSA) is 20.3 Å². The normalized spacial score (nSPS) is 17.1. The highest BCUT2D eigenvalue weighted by atomic mass is 35.5. The number of halogens is 1. The first-order valence-corrected chi connectivity index (χ1v) is 8.56. The van der Waals surface area contributed by atoms with Gasteiger partial charge in [0.2, 0.25) is 5.91 Å². The van der Waals surface area contributed by atoms with Crippen LogP contribution in [0.3, 0.4) is 0 Å². The van der Waals surface area contributed by atoms with E-state index in [1.807, 2.05) is 36.2 Å². The van der Waals surface area contributed by atoms with Crippen molar-refractivity contribution in [2.45, 2.75) is 55.2 Å². The van der Waals surface area contributed by atoms with Crippen molar-refractivity contribution in [2.75, 3.05) is 7.05 Å². The van der Waals surface area contributed by atoms with Gasteiger partial charge >= 0.3 is 0 Å². The first kappa shape index (κ1) is 15.7. The summed E-state index contributed by atoms with van der Waals surface area (Å²) in [6, 6.07) is 8.17. The Kier molecular flexibility index (Phi) is 5.79. The standard InChI is InChI=1S/C16H22ClNOS/c1-3-15(20-14-10-8-12(17)9-11-14)16(19)18(2)13-6-4-5-7-13/h8-11,13,15H,3-7H2,1-2H3/t15-/m0/s1. The number of carbonyl (C=O) groups is 1. The van der Waals surface area contributed by atoms with Crippen molar-refractivity contribution in [3.63, 3.8) is 0 Å². The lowest BCUT2D eigenvalue weighted by molar-refractivity contribution is -0.131. The van der Waals surface area contributed by atoms with Gasteiger partial charge in [0.1, 0.15) is 0 Å². The number of hydrogen-bond acceptors (Lipinski definition) is 2. The summed E-state index contributed by atoms with van der Waals surface area (Å²) in [7, 11) is 1.96. The SMILES string of the molecule is CC[C@H](Sc1ccc(Cl)cc1)C(=O)N(C)C1CCCC1. The zero-order chi connectivity index (χ0) is 14.5. The highest BCUT2D eigenvalue weighted by Gasteiger charge is 2.28. The number of rotatable bonds is 5. The van der Waals surface area contributed by atoms with Gasteiger partial charge < -0.3 is 4.90 Å². The third-order valence-corrected chi connectivity index (χ3v) is 5.57. The Morgan fingerprint density at radius 3 is 2.50 bits per heavy atom. The Morgan fingerprint density at radius 1 is 1.35 bits per heavy atom. The Morgan fingerprint density at radius 2 is 1.95 bits per heavy atom. The molecule has 110 valence electrons. The van der Waals surface area contributed by atoms with Crippen molar-refractivity contribution < 1.29 is 4.79 Å². The summed E-state index contributed by atoms with van der Waals surface area (Å²) in [5, 5.41) is 0.735. The number of hydrogen-bond donors (Lipinski definition) is 0. The molecule has 2 nitrogen and oxygen atoms in total.